The fourth-order valence-corrected chi connectivity index (χ4v) is 23.3. The monoisotopic (exact) mass is 1070 g/mol. The van der Waals surface area contributed by atoms with E-state index >= 15 is 0 Å². The van der Waals surface area contributed by atoms with Gasteiger partial charge in [0.25, 0.3) is 0 Å². The van der Waals surface area contributed by atoms with Crippen molar-refractivity contribution in [3.8, 4) is 0 Å². The Hall–Kier alpha value is -2.67. The molecule has 4 N–H and O–H groups in total. The third-order valence-corrected chi connectivity index (χ3v) is 26.8. The van der Waals surface area contributed by atoms with Gasteiger partial charge in [-0.15, -0.1) is 0 Å². The standard InChI is InChI=1S/C23H34O5.C21H32O4.C21H32O3/c1-13(24)28-12-20(27)18-7-6-17-16-5-4-14-10-15(25)8-9-22(14,2)21(16)19(26)11-23(17,18)3;1-20-8-7-13(23)9-12(20)3-4-14-15-5-6-16(18(25)11-22)21(15,2)10-17(24)19(14)20;1-12(22)16-6-7-17-15-5-4-13-10-14(23)8-9-20(13,2)19(15)18(24)11-21(16,17)3/h14-18,21,25H,4-12H2,1-3H3;12-16,19,22-23H,3-11H2,1-2H3;13-17,19,23H,4-11H2,1-3H3/t14-,15+,16?,17?,18+,21?,22-,23-;12-,13+,14?,15?,16+,19?,20-,21-;13-,14+,15?,16+,17?,19?,20-,21+/m000/s1. The molecule has 12 aliphatic carbocycles. The summed E-state index contributed by atoms with van der Waals surface area (Å²) < 4.78 is 4.97. The van der Waals surface area contributed by atoms with Crippen molar-refractivity contribution in [2.75, 3.05) is 13.2 Å². The first-order chi connectivity index (χ1) is 36.2. The normalized spacial score (nSPS) is 51.1. The minimum atomic E-state index is -0.432. The van der Waals surface area contributed by atoms with Gasteiger partial charge in [0, 0.05) is 61.7 Å². The number of carbonyl (C=O) groups excluding carboxylic acids is 7. The number of rotatable bonds is 6. The molecule has 9 unspecified atom stereocenters. The Balaban J connectivity index is 0.000000131. The molecule has 0 aromatic heterocycles. The highest BCUT2D eigenvalue weighted by Crippen LogP contribution is 2.70. The molecule has 0 heterocycles. The van der Waals surface area contributed by atoms with Crippen molar-refractivity contribution in [2.45, 2.75) is 228 Å². The predicted molar refractivity (Wildman–Crippen MR) is 289 cm³/mol. The third kappa shape index (κ3) is 9.39. The maximum Gasteiger partial charge on any atom is 0.303 e. The Morgan fingerprint density at radius 2 is 0.766 bits per heavy atom. The molecule has 0 aromatic carbocycles. The smallest absolute Gasteiger partial charge is 0.303 e. The van der Waals surface area contributed by atoms with Crippen LogP contribution in [0.2, 0.25) is 0 Å². The van der Waals surface area contributed by atoms with Gasteiger partial charge in [0.1, 0.15) is 36.3 Å². The van der Waals surface area contributed by atoms with E-state index in [0.717, 1.165) is 135 Å². The zero-order chi connectivity index (χ0) is 55.5. The quantitative estimate of drug-likeness (QED) is 0.183. The molecule has 0 bridgehead atoms. The molecule has 12 rings (SSSR count). The van der Waals surface area contributed by atoms with E-state index in [1.165, 1.54) is 6.92 Å². The van der Waals surface area contributed by atoms with Gasteiger partial charge in [-0.05, 0) is 228 Å². The van der Waals surface area contributed by atoms with Gasteiger partial charge in [0.15, 0.2) is 11.6 Å². The number of hydrogen-bond donors (Lipinski definition) is 4. The van der Waals surface area contributed by atoms with Crippen LogP contribution in [0.5, 0.6) is 0 Å². The summed E-state index contributed by atoms with van der Waals surface area (Å²) in [6, 6.07) is 0. The summed E-state index contributed by atoms with van der Waals surface area (Å²) in [5.41, 5.74) is -0.543. The molecule has 77 heavy (non-hydrogen) atoms. The number of fused-ring (bicyclic) bond motifs is 15. The van der Waals surface area contributed by atoms with Crippen LogP contribution in [0.15, 0.2) is 0 Å². The number of ether oxygens (including phenoxy) is 1. The minimum absolute atomic E-state index is 0.000393. The lowest BCUT2D eigenvalue weighted by Crippen LogP contribution is -2.58. The molecule has 0 radical (unpaired) electrons. The van der Waals surface area contributed by atoms with Gasteiger partial charge in [-0.3, -0.25) is 33.6 Å². The average molecular weight is 1070 g/mol. The molecule has 0 aliphatic heterocycles. The summed E-state index contributed by atoms with van der Waals surface area (Å²) in [6.07, 6.45) is 21.2. The van der Waals surface area contributed by atoms with Crippen LogP contribution in [-0.4, -0.2) is 92.6 Å². The lowest BCUT2D eigenvalue weighted by atomic mass is 9.44. The van der Waals surface area contributed by atoms with Crippen LogP contribution >= 0.6 is 0 Å². The van der Waals surface area contributed by atoms with E-state index in [4.69, 9.17) is 4.74 Å². The highest BCUT2D eigenvalue weighted by Gasteiger charge is 2.67. The second kappa shape index (κ2) is 20.9. The first-order valence-corrected chi connectivity index (χ1v) is 31.2. The minimum Gasteiger partial charge on any atom is -0.458 e. The largest absolute Gasteiger partial charge is 0.458 e. The van der Waals surface area contributed by atoms with Crippen LogP contribution in [0.4, 0.5) is 0 Å². The molecule has 12 aliphatic rings. The van der Waals surface area contributed by atoms with Gasteiger partial charge >= 0.3 is 5.97 Å². The van der Waals surface area contributed by atoms with Crippen molar-refractivity contribution in [2.24, 2.45) is 121 Å². The number of aliphatic hydroxyl groups is 4. The van der Waals surface area contributed by atoms with Crippen molar-refractivity contribution in [1.82, 2.24) is 0 Å². The molecular formula is C65H98O12. The average Bonchev–Trinajstić information content (AvgIpc) is 4.19. The fraction of sp³-hybridized carbons (Fsp3) is 0.892. The molecule has 0 spiro atoms. The molecule has 0 aromatic rings. The zero-order valence-electron chi connectivity index (χ0n) is 48.3. The first-order valence-electron chi connectivity index (χ1n) is 31.2. The third-order valence-electron chi connectivity index (χ3n) is 26.8. The second-order valence-corrected chi connectivity index (χ2v) is 30.2. The Bertz CT molecular complexity index is 2350. The van der Waals surface area contributed by atoms with Gasteiger partial charge in [-0.25, -0.2) is 0 Å². The van der Waals surface area contributed by atoms with E-state index in [2.05, 4.69) is 41.5 Å². The molecular weight excluding hydrogens is 973 g/mol. The molecule has 0 amide bonds. The van der Waals surface area contributed by atoms with Crippen LogP contribution < -0.4 is 0 Å². The summed E-state index contributed by atoms with van der Waals surface area (Å²) >= 11 is 0. The lowest BCUT2D eigenvalue weighted by molar-refractivity contribution is -0.164. The summed E-state index contributed by atoms with van der Waals surface area (Å²) in [5.74, 6) is 4.98. The van der Waals surface area contributed by atoms with Gasteiger partial charge in [-0.2, -0.15) is 0 Å². The fourth-order valence-electron chi connectivity index (χ4n) is 23.3. The Kier molecular flexibility index (Phi) is 15.7. The maximum absolute atomic E-state index is 13.5. The van der Waals surface area contributed by atoms with E-state index in [1.807, 2.05) is 0 Å². The Morgan fingerprint density at radius 1 is 0.442 bits per heavy atom. The highest BCUT2D eigenvalue weighted by atomic mass is 16.5. The van der Waals surface area contributed by atoms with Crippen LogP contribution in [0, 0.1) is 121 Å². The van der Waals surface area contributed by atoms with Gasteiger partial charge < -0.3 is 25.2 Å². The van der Waals surface area contributed by atoms with Gasteiger partial charge in [0.05, 0.1) is 18.3 Å². The number of aliphatic hydroxyl groups excluding tert-OH is 4. The first kappa shape index (κ1) is 57.6. The van der Waals surface area contributed by atoms with Crippen molar-refractivity contribution in [3.63, 3.8) is 0 Å². The Labute approximate surface area is 459 Å². The summed E-state index contributed by atoms with van der Waals surface area (Å²) in [5, 5.41) is 39.7. The molecule has 12 heteroatoms. The number of hydrogen-bond acceptors (Lipinski definition) is 12. The van der Waals surface area contributed by atoms with Crippen molar-refractivity contribution < 1.29 is 58.7 Å². The van der Waals surface area contributed by atoms with Crippen molar-refractivity contribution in [3.05, 3.63) is 0 Å². The van der Waals surface area contributed by atoms with Gasteiger partial charge in [0.2, 0.25) is 0 Å². The number of carbonyl (C=O) groups is 7. The van der Waals surface area contributed by atoms with E-state index in [1.54, 1.807) is 6.92 Å². The van der Waals surface area contributed by atoms with Crippen molar-refractivity contribution >= 4 is 40.7 Å². The van der Waals surface area contributed by atoms with E-state index in [-0.39, 0.29) is 110 Å². The summed E-state index contributed by atoms with van der Waals surface area (Å²) in [7, 11) is 0. The van der Waals surface area contributed by atoms with E-state index in [9.17, 15) is 54.0 Å². The summed E-state index contributed by atoms with van der Waals surface area (Å²) in [4.78, 5) is 88.5. The van der Waals surface area contributed by atoms with Crippen LogP contribution in [0.1, 0.15) is 209 Å². The highest BCUT2D eigenvalue weighted by molar-refractivity contribution is 5.90. The SMILES string of the molecule is CC(=O)OCC(=O)[C@H]1CCC2C3CC[C@H]4C[C@H](O)CC[C@]4(C)C3C(=O)C[C@@]21C.CC(=O)[C@H]1CCC2C3CC[C@H]4C[C@H](O)CC[C@]4(C)C3C(=O)C[C@@]21C.C[C@]12CC(=O)C3C(CC[C@H]4C[C@H](O)CC[C@]34C)C1CC[C@@H]2C(=O)CO. The van der Waals surface area contributed by atoms with Gasteiger partial charge in [-0.1, -0.05) is 41.5 Å². The number of ketones is 6. The number of Topliss-reactive ketones (excluding diaryl/α,β-unsaturated/α-hetero) is 6. The topological polar surface area (TPSA) is 210 Å². The molecule has 12 saturated carbocycles. The maximum atomic E-state index is 13.5. The summed E-state index contributed by atoms with van der Waals surface area (Å²) in [6.45, 7) is 15.9. The van der Waals surface area contributed by atoms with Crippen LogP contribution in [0.3, 0.4) is 0 Å². The molecule has 12 fully saturated rings. The van der Waals surface area contributed by atoms with Crippen molar-refractivity contribution in [1.29, 1.82) is 0 Å². The molecule has 430 valence electrons. The number of esters is 1. The van der Waals surface area contributed by atoms with E-state index < -0.39 is 12.6 Å². The molecule has 12 nitrogen and oxygen atoms in total. The zero-order valence-corrected chi connectivity index (χ0v) is 48.3. The van der Waals surface area contributed by atoms with Crippen LogP contribution in [0.25, 0.3) is 0 Å². The van der Waals surface area contributed by atoms with Crippen LogP contribution in [-0.2, 0) is 38.3 Å². The molecule has 24 atom stereocenters. The predicted octanol–water partition coefficient (Wildman–Crippen LogP) is 9.84. The Morgan fingerprint density at radius 3 is 1.09 bits per heavy atom. The second-order valence-electron chi connectivity index (χ2n) is 30.2. The molecule has 0 saturated heterocycles. The lowest BCUT2D eigenvalue weighted by Gasteiger charge is -2.59. The van der Waals surface area contributed by atoms with E-state index in [0.29, 0.717) is 89.9 Å².